The summed E-state index contributed by atoms with van der Waals surface area (Å²) in [6, 6.07) is 10.3. The Morgan fingerprint density at radius 2 is 1.83 bits per heavy atom. The molecule has 5 nitrogen and oxygen atoms in total. The summed E-state index contributed by atoms with van der Waals surface area (Å²) < 4.78 is 25.3. The van der Waals surface area contributed by atoms with Crippen molar-refractivity contribution in [2.24, 2.45) is 0 Å². The molecule has 1 amide bonds. The molecule has 2 aromatic heterocycles. The maximum Gasteiger partial charge on any atom is 0.248 e. The van der Waals surface area contributed by atoms with Crippen molar-refractivity contribution in [3.8, 4) is 11.3 Å². The molecular weight excluding hydrogens is 424 g/mol. The average molecular weight is 447 g/mol. The summed E-state index contributed by atoms with van der Waals surface area (Å²) in [6.45, 7) is 4.10. The van der Waals surface area contributed by atoms with Crippen LogP contribution in [0.4, 0.5) is 5.13 Å². The number of anilines is 1. The highest BCUT2D eigenvalue weighted by molar-refractivity contribution is 7.93. The molecule has 29 heavy (non-hydrogen) atoms. The number of carbonyl (C=O) groups is 1. The third kappa shape index (κ3) is 3.53. The predicted octanol–water partition coefficient (Wildman–Crippen LogP) is 5.21. The molecule has 1 aliphatic rings. The van der Waals surface area contributed by atoms with Gasteiger partial charge in [-0.05, 0) is 44.9 Å². The van der Waals surface area contributed by atoms with Crippen molar-refractivity contribution in [1.29, 1.82) is 0 Å². The second kappa shape index (κ2) is 7.66. The second-order valence-corrected chi connectivity index (χ2v) is 11.9. The van der Waals surface area contributed by atoms with E-state index in [1.54, 1.807) is 41.7 Å². The third-order valence-corrected chi connectivity index (χ3v) is 9.67. The molecule has 0 bridgehead atoms. The van der Waals surface area contributed by atoms with Crippen LogP contribution < -0.4 is 5.32 Å². The third-order valence-electron chi connectivity index (χ3n) is 5.43. The molecule has 8 heteroatoms. The quantitative estimate of drug-likeness (QED) is 0.583. The number of benzene rings is 1. The fourth-order valence-electron chi connectivity index (χ4n) is 3.94. The fraction of sp³-hybridized carbons (Fsp3) is 0.333. The van der Waals surface area contributed by atoms with Gasteiger partial charge in [-0.2, -0.15) is 0 Å². The number of hydrogen-bond donors (Lipinski definition) is 1. The van der Waals surface area contributed by atoms with E-state index in [0.717, 1.165) is 24.1 Å². The highest BCUT2D eigenvalue weighted by atomic mass is 32.2. The van der Waals surface area contributed by atoms with E-state index >= 15 is 0 Å². The van der Waals surface area contributed by atoms with Crippen LogP contribution in [-0.4, -0.2) is 24.1 Å². The summed E-state index contributed by atoms with van der Waals surface area (Å²) in [5, 5.41) is 5.14. The number of carbonyl (C=O) groups excluding carboxylic acids is 1. The van der Waals surface area contributed by atoms with Crippen LogP contribution in [0.5, 0.6) is 0 Å². The lowest BCUT2D eigenvalue weighted by Crippen LogP contribution is -2.47. The van der Waals surface area contributed by atoms with Crippen molar-refractivity contribution in [3.05, 3.63) is 51.5 Å². The Morgan fingerprint density at radius 3 is 2.45 bits per heavy atom. The van der Waals surface area contributed by atoms with Gasteiger partial charge in [0.25, 0.3) is 0 Å². The van der Waals surface area contributed by atoms with Gasteiger partial charge in [0.2, 0.25) is 5.91 Å². The number of sulfone groups is 1. The molecule has 3 aromatic rings. The zero-order valence-electron chi connectivity index (χ0n) is 16.3. The standard InChI is InChI=1S/C21H22N2O3S3/c1-14-12-17(15(2)28-14)18-13-27-20(22-18)23-19(24)21(10-6-7-11-21)29(25,26)16-8-4-3-5-9-16/h3-5,8-9,12-13H,6-7,10-11H2,1-2H3,(H,22,23,24). The Hall–Kier alpha value is -2.03. The van der Waals surface area contributed by atoms with Crippen molar-refractivity contribution >= 4 is 43.5 Å². The molecule has 0 saturated heterocycles. The SMILES string of the molecule is Cc1cc(-c2csc(NC(=O)C3(S(=O)(=O)c4ccccc4)CCCC3)n2)c(C)s1. The van der Waals surface area contributed by atoms with Crippen LogP contribution in [0.15, 0.2) is 46.7 Å². The van der Waals surface area contributed by atoms with E-state index in [2.05, 4.69) is 23.3 Å². The minimum Gasteiger partial charge on any atom is -0.301 e. The Morgan fingerprint density at radius 1 is 1.14 bits per heavy atom. The number of amides is 1. The van der Waals surface area contributed by atoms with Gasteiger partial charge < -0.3 is 5.32 Å². The molecule has 0 atom stereocenters. The Kier molecular flexibility index (Phi) is 5.35. The molecule has 152 valence electrons. The number of nitrogens with one attached hydrogen (secondary N) is 1. The summed E-state index contributed by atoms with van der Waals surface area (Å²) >= 11 is 3.03. The lowest BCUT2D eigenvalue weighted by atomic mass is 10.1. The number of aryl methyl sites for hydroxylation is 2. The Bertz CT molecular complexity index is 1140. The van der Waals surface area contributed by atoms with Gasteiger partial charge in [0.1, 0.15) is 0 Å². The highest BCUT2D eigenvalue weighted by Crippen LogP contribution is 2.42. The van der Waals surface area contributed by atoms with Crippen LogP contribution in [0.2, 0.25) is 0 Å². The fourth-order valence-corrected chi connectivity index (χ4v) is 7.67. The molecule has 1 saturated carbocycles. The Balaban J connectivity index is 1.63. The van der Waals surface area contributed by atoms with Crippen molar-refractivity contribution in [1.82, 2.24) is 4.98 Å². The number of rotatable bonds is 5. The first kappa shape index (κ1) is 20.3. The minimum absolute atomic E-state index is 0.196. The van der Waals surface area contributed by atoms with E-state index in [4.69, 9.17) is 0 Å². The molecule has 0 spiro atoms. The summed E-state index contributed by atoms with van der Waals surface area (Å²) in [5.41, 5.74) is 1.86. The van der Waals surface area contributed by atoms with E-state index in [-0.39, 0.29) is 4.90 Å². The first-order valence-electron chi connectivity index (χ1n) is 9.47. The zero-order chi connectivity index (χ0) is 20.6. The van der Waals surface area contributed by atoms with Gasteiger partial charge in [0.15, 0.2) is 19.7 Å². The molecule has 4 rings (SSSR count). The Labute approximate surface area is 178 Å². The maximum atomic E-state index is 13.4. The largest absolute Gasteiger partial charge is 0.301 e. The zero-order valence-corrected chi connectivity index (χ0v) is 18.7. The van der Waals surface area contributed by atoms with Crippen molar-refractivity contribution in [3.63, 3.8) is 0 Å². The molecule has 1 aliphatic carbocycles. The normalized spacial score (nSPS) is 16.1. The number of aromatic nitrogens is 1. The number of thiazole rings is 1. The van der Waals surface area contributed by atoms with Gasteiger partial charge in [0.05, 0.1) is 10.6 Å². The summed E-state index contributed by atoms with van der Waals surface area (Å²) in [7, 11) is -3.80. The molecule has 0 radical (unpaired) electrons. The van der Waals surface area contributed by atoms with Crippen LogP contribution in [0.25, 0.3) is 11.3 Å². The van der Waals surface area contributed by atoms with Crippen LogP contribution in [0, 0.1) is 13.8 Å². The van der Waals surface area contributed by atoms with E-state index in [0.29, 0.717) is 18.0 Å². The molecule has 1 N–H and O–H groups in total. The smallest absolute Gasteiger partial charge is 0.248 e. The number of hydrogen-bond acceptors (Lipinski definition) is 6. The number of nitrogens with zero attached hydrogens (tertiary/aromatic N) is 1. The first-order chi connectivity index (χ1) is 13.8. The van der Waals surface area contributed by atoms with E-state index in [1.165, 1.54) is 21.1 Å². The van der Waals surface area contributed by atoms with Crippen LogP contribution in [0.3, 0.4) is 0 Å². The van der Waals surface area contributed by atoms with Gasteiger partial charge in [-0.25, -0.2) is 13.4 Å². The van der Waals surface area contributed by atoms with E-state index < -0.39 is 20.5 Å². The summed E-state index contributed by atoms with van der Waals surface area (Å²) in [5.74, 6) is -0.474. The van der Waals surface area contributed by atoms with Crippen LogP contribution >= 0.6 is 22.7 Å². The van der Waals surface area contributed by atoms with Crippen molar-refractivity contribution < 1.29 is 13.2 Å². The molecular formula is C21H22N2O3S3. The monoisotopic (exact) mass is 446 g/mol. The van der Waals surface area contributed by atoms with Gasteiger partial charge >= 0.3 is 0 Å². The van der Waals surface area contributed by atoms with Crippen LogP contribution in [0.1, 0.15) is 35.4 Å². The van der Waals surface area contributed by atoms with E-state index in [1.807, 2.05) is 12.3 Å². The molecule has 1 aromatic carbocycles. The van der Waals surface area contributed by atoms with Crippen LogP contribution in [-0.2, 0) is 14.6 Å². The predicted molar refractivity (Wildman–Crippen MR) is 118 cm³/mol. The van der Waals surface area contributed by atoms with Crippen molar-refractivity contribution in [2.45, 2.75) is 49.2 Å². The highest BCUT2D eigenvalue weighted by Gasteiger charge is 2.53. The molecule has 0 aliphatic heterocycles. The minimum atomic E-state index is -3.80. The van der Waals surface area contributed by atoms with Gasteiger partial charge in [-0.3, -0.25) is 4.79 Å². The topological polar surface area (TPSA) is 76.1 Å². The van der Waals surface area contributed by atoms with Gasteiger partial charge in [-0.1, -0.05) is 31.0 Å². The molecule has 2 heterocycles. The summed E-state index contributed by atoms with van der Waals surface area (Å²) in [6.07, 6.45) is 2.10. The van der Waals surface area contributed by atoms with Crippen molar-refractivity contribution in [2.75, 3.05) is 5.32 Å². The lowest BCUT2D eigenvalue weighted by molar-refractivity contribution is -0.118. The lowest BCUT2D eigenvalue weighted by Gasteiger charge is -2.27. The number of thiophene rings is 1. The molecule has 0 unspecified atom stereocenters. The first-order valence-corrected chi connectivity index (χ1v) is 12.7. The summed E-state index contributed by atoms with van der Waals surface area (Å²) in [4.78, 5) is 20.4. The second-order valence-electron chi connectivity index (χ2n) is 7.34. The molecule has 1 fully saturated rings. The maximum absolute atomic E-state index is 13.4. The average Bonchev–Trinajstić information content (AvgIpc) is 3.43. The van der Waals surface area contributed by atoms with Gasteiger partial charge in [-0.15, -0.1) is 22.7 Å². The van der Waals surface area contributed by atoms with E-state index in [9.17, 15) is 13.2 Å². The van der Waals surface area contributed by atoms with Gasteiger partial charge in [0, 0.05) is 20.7 Å².